The molecule has 2 heterocycles. The second-order valence-electron chi connectivity index (χ2n) is 5.23. The lowest BCUT2D eigenvalue weighted by molar-refractivity contribution is 0.0827. The molecule has 2 atom stereocenters. The molecule has 0 aliphatic carbocycles. The van der Waals surface area contributed by atoms with Crippen molar-refractivity contribution in [1.82, 2.24) is 0 Å². The van der Waals surface area contributed by atoms with Crippen molar-refractivity contribution in [2.24, 2.45) is 0 Å². The number of aliphatic hydroxyl groups excluding tert-OH is 1. The van der Waals surface area contributed by atoms with E-state index in [1.54, 1.807) is 0 Å². The van der Waals surface area contributed by atoms with Crippen LogP contribution in [-0.4, -0.2) is 31.6 Å². The monoisotopic (exact) mass is 311 g/mol. The molecule has 3 nitrogen and oxygen atoms in total. The molecule has 0 aromatic heterocycles. The van der Waals surface area contributed by atoms with E-state index < -0.39 is 0 Å². The zero-order valence-electron chi connectivity index (χ0n) is 10.5. The number of benzene rings is 1. The molecule has 1 aromatic carbocycles. The van der Waals surface area contributed by atoms with Gasteiger partial charge in [-0.05, 0) is 43.0 Å². The average Bonchev–Trinajstić information content (AvgIpc) is 2.87. The smallest absolute Gasteiger partial charge is 0.139 e. The van der Waals surface area contributed by atoms with Gasteiger partial charge in [-0.3, -0.25) is 0 Å². The fourth-order valence-electron chi connectivity index (χ4n) is 3.50. The van der Waals surface area contributed by atoms with Gasteiger partial charge in [0.05, 0.1) is 6.61 Å². The van der Waals surface area contributed by atoms with Crippen LogP contribution >= 0.6 is 15.9 Å². The highest BCUT2D eigenvalue weighted by molar-refractivity contribution is 9.10. The van der Waals surface area contributed by atoms with E-state index in [0.29, 0.717) is 0 Å². The number of nitrogens with zero attached hydrogens (tertiary/aromatic N) is 1. The van der Waals surface area contributed by atoms with Gasteiger partial charge in [0.2, 0.25) is 0 Å². The molecule has 4 heteroatoms. The lowest BCUT2D eigenvalue weighted by Gasteiger charge is -2.30. The van der Waals surface area contributed by atoms with Crippen molar-refractivity contribution >= 4 is 21.6 Å². The Kier molecular flexibility index (Phi) is 3.12. The fraction of sp³-hybridized carbons (Fsp3) is 0.571. The molecule has 1 aromatic rings. The van der Waals surface area contributed by atoms with Crippen molar-refractivity contribution in [3.8, 4) is 0 Å². The number of anilines is 1. The molecular formula is C14H18BrNO2. The van der Waals surface area contributed by atoms with Crippen molar-refractivity contribution in [1.29, 1.82) is 0 Å². The van der Waals surface area contributed by atoms with Gasteiger partial charge in [0.1, 0.15) is 6.23 Å². The van der Waals surface area contributed by atoms with E-state index in [1.807, 2.05) is 0 Å². The van der Waals surface area contributed by atoms with Gasteiger partial charge >= 0.3 is 0 Å². The Bertz CT molecular complexity index is 465. The van der Waals surface area contributed by atoms with Crippen LogP contribution in [0, 0.1) is 0 Å². The van der Waals surface area contributed by atoms with Crippen molar-refractivity contribution in [3.05, 3.63) is 28.2 Å². The Morgan fingerprint density at radius 3 is 3.17 bits per heavy atom. The lowest BCUT2D eigenvalue weighted by Crippen LogP contribution is -2.40. The Balaban J connectivity index is 2.08. The molecular weight excluding hydrogens is 294 g/mol. The SMILES string of the molecule is CN1c2ccc(Br)cc2C2(CCCO)CCOC12. The van der Waals surface area contributed by atoms with Crippen LogP contribution in [0.4, 0.5) is 5.69 Å². The molecule has 18 heavy (non-hydrogen) atoms. The highest BCUT2D eigenvalue weighted by atomic mass is 79.9. The molecule has 1 N–H and O–H groups in total. The third-order valence-corrected chi connectivity index (χ3v) is 4.80. The number of hydrogen-bond acceptors (Lipinski definition) is 3. The molecule has 1 fully saturated rings. The van der Waals surface area contributed by atoms with Crippen LogP contribution in [0.3, 0.4) is 0 Å². The molecule has 0 bridgehead atoms. The Morgan fingerprint density at radius 2 is 2.39 bits per heavy atom. The highest BCUT2D eigenvalue weighted by Crippen LogP contribution is 2.53. The van der Waals surface area contributed by atoms with Crippen LogP contribution in [0.15, 0.2) is 22.7 Å². The van der Waals surface area contributed by atoms with E-state index in [1.165, 1.54) is 11.3 Å². The summed E-state index contributed by atoms with van der Waals surface area (Å²) in [6.07, 6.45) is 3.00. The van der Waals surface area contributed by atoms with Gasteiger partial charge in [-0.15, -0.1) is 0 Å². The number of hydrogen-bond donors (Lipinski definition) is 1. The van der Waals surface area contributed by atoms with Crippen molar-refractivity contribution in [2.45, 2.75) is 30.9 Å². The standard InChI is InChI=1S/C14H18BrNO2/c1-16-12-4-3-10(15)9-11(12)14(5-2-7-17)6-8-18-13(14)16/h3-4,9,13,17H,2,5-8H2,1H3. The summed E-state index contributed by atoms with van der Waals surface area (Å²) < 4.78 is 7.06. The zero-order valence-corrected chi connectivity index (χ0v) is 12.1. The molecule has 2 unspecified atom stereocenters. The minimum absolute atomic E-state index is 0.0661. The molecule has 98 valence electrons. The molecule has 0 radical (unpaired) electrons. The predicted molar refractivity (Wildman–Crippen MR) is 74.9 cm³/mol. The molecule has 2 aliphatic heterocycles. The minimum atomic E-state index is 0.0661. The Morgan fingerprint density at radius 1 is 1.56 bits per heavy atom. The topological polar surface area (TPSA) is 32.7 Å². The first-order valence-corrected chi connectivity index (χ1v) is 7.24. The van der Waals surface area contributed by atoms with Gasteiger partial charge in [0.25, 0.3) is 0 Å². The molecule has 0 amide bonds. The quantitative estimate of drug-likeness (QED) is 0.931. The number of aliphatic hydroxyl groups is 1. The summed E-state index contributed by atoms with van der Waals surface area (Å²) in [5.41, 5.74) is 2.70. The third-order valence-electron chi connectivity index (χ3n) is 4.30. The number of fused-ring (bicyclic) bond motifs is 3. The third kappa shape index (κ3) is 1.63. The van der Waals surface area contributed by atoms with E-state index in [9.17, 15) is 0 Å². The summed E-state index contributed by atoms with van der Waals surface area (Å²) in [5.74, 6) is 0. The van der Waals surface area contributed by atoms with E-state index >= 15 is 0 Å². The maximum absolute atomic E-state index is 9.15. The van der Waals surface area contributed by atoms with Crippen LogP contribution < -0.4 is 4.90 Å². The summed E-state index contributed by atoms with van der Waals surface area (Å²) in [5, 5.41) is 9.15. The van der Waals surface area contributed by atoms with Gasteiger partial charge < -0.3 is 14.7 Å². The van der Waals surface area contributed by atoms with Gasteiger partial charge in [0.15, 0.2) is 0 Å². The van der Waals surface area contributed by atoms with Gasteiger partial charge in [-0.25, -0.2) is 0 Å². The highest BCUT2D eigenvalue weighted by Gasteiger charge is 2.53. The van der Waals surface area contributed by atoms with E-state index in [4.69, 9.17) is 9.84 Å². The second kappa shape index (κ2) is 4.51. The molecule has 0 saturated carbocycles. The van der Waals surface area contributed by atoms with Crippen LogP contribution in [0.2, 0.25) is 0 Å². The lowest BCUT2D eigenvalue weighted by atomic mass is 9.76. The summed E-state index contributed by atoms with van der Waals surface area (Å²) in [6, 6.07) is 6.45. The summed E-state index contributed by atoms with van der Waals surface area (Å²) >= 11 is 3.57. The van der Waals surface area contributed by atoms with Crippen molar-refractivity contribution in [2.75, 3.05) is 25.2 Å². The van der Waals surface area contributed by atoms with E-state index in [2.05, 4.69) is 46.1 Å². The van der Waals surface area contributed by atoms with E-state index in [-0.39, 0.29) is 18.2 Å². The van der Waals surface area contributed by atoms with Crippen LogP contribution in [0.1, 0.15) is 24.8 Å². The van der Waals surface area contributed by atoms with Crippen LogP contribution in [0.25, 0.3) is 0 Å². The largest absolute Gasteiger partial charge is 0.396 e. The molecule has 1 saturated heterocycles. The summed E-state index contributed by atoms with van der Waals surface area (Å²) in [7, 11) is 2.10. The maximum atomic E-state index is 9.15. The van der Waals surface area contributed by atoms with Crippen molar-refractivity contribution in [3.63, 3.8) is 0 Å². The summed E-state index contributed by atoms with van der Waals surface area (Å²) in [6.45, 7) is 1.06. The summed E-state index contributed by atoms with van der Waals surface area (Å²) in [4.78, 5) is 2.24. The first-order valence-electron chi connectivity index (χ1n) is 6.44. The van der Waals surface area contributed by atoms with Gasteiger partial charge in [0, 0.05) is 29.2 Å². The van der Waals surface area contributed by atoms with Crippen LogP contribution in [0.5, 0.6) is 0 Å². The van der Waals surface area contributed by atoms with Gasteiger partial charge in [-0.2, -0.15) is 0 Å². The second-order valence-corrected chi connectivity index (χ2v) is 6.14. The first kappa shape index (κ1) is 12.5. The molecule has 2 aliphatic rings. The Hall–Kier alpha value is -0.580. The number of ether oxygens (including phenoxy) is 1. The maximum Gasteiger partial charge on any atom is 0.139 e. The molecule has 3 rings (SSSR count). The van der Waals surface area contributed by atoms with Gasteiger partial charge in [-0.1, -0.05) is 15.9 Å². The molecule has 0 spiro atoms. The van der Waals surface area contributed by atoms with Crippen LogP contribution in [-0.2, 0) is 10.2 Å². The number of halogens is 1. The minimum Gasteiger partial charge on any atom is -0.396 e. The average molecular weight is 312 g/mol. The normalized spacial score (nSPS) is 29.5. The van der Waals surface area contributed by atoms with E-state index in [0.717, 1.165) is 30.3 Å². The first-order chi connectivity index (χ1) is 8.69. The number of likely N-dealkylation sites (N-methyl/N-ethyl adjacent to an activating group) is 1. The fourth-order valence-corrected chi connectivity index (χ4v) is 3.87. The number of rotatable bonds is 3. The Labute approximate surface area is 116 Å². The predicted octanol–water partition coefficient (Wildman–Crippen LogP) is 2.66. The zero-order chi connectivity index (χ0) is 12.8. The van der Waals surface area contributed by atoms with Crippen molar-refractivity contribution < 1.29 is 9.84 Å².